The van der Waals surface area contributed by atoms with Crippen molar-refractivity contribution in [2.24, 2.45) is 5.92 Å². The molecule has 0 spiro atoms. The van der Waals surface area contributed by atoms with E-state index >= 15 is 0 Å². The molecule has 4 rings (SSSR count). The predicted molar refractivity (Wildman–Crippen MR) is 139 cm³/mol. The molecule has 7 nitrogen and oxygen atoms in total. The Kier molecular flexibility index (Phi) is 9.82. The minimum Gasteiger partial charge on any atom is -0.389 e. The van der Waals surface area contributed by atoms with Gasteiger partial charge in [0, 0.05) is 38.2 Å². The predicted octanol–water partition coefficient (Wildman–Crippen LogP) is 2.95. The number of aliphatic hydroxyl groups excluding tert-OH is 1. The normalized spacial score (nSPS) is 23.0. The van der Waals surface area contributed by atoms with Gasteiger partial charge in [-0.05, 0) is 42.5 Å². The number of likely N-dealkylation sites (tertiary alicyclic amines) is 1. The van der Waals surface area contributed by atoms with E-state index in [0.717, 1.165) is 24.5 Å². The maximum absolute atomic E-state index is 13.9. The number of ether oxygens (including phenoxy) is 1. The fourth-order valence-electron chi connectivity index (χ4n) is 5.24. The Morgan fingerprint density at radius 3 is 2.63 bits per heavy atom. The molecule has 2 saturated heterocycles. The van der Waals surface area contributed by atoms with Crippen molar-refractivity contribution in [3.05, 3.63) is 71.3 Å². The van der Waals surface area contributed by atoms with Crippen LogP contribution in [0.4, 0.5) is 8.78 Å². The number of nitrogens with one attached hydrogen (secondary N) is 2. The number of halogens is 2. The third kappa shape index (κ3) is 7.58. The molecule has 2 aromatic carbocycles. The van der Waals surface area contributed by atoms with Crippen LogP contribution in [0, 0.1) is 17.6 Å². The van der Waals surface area contributed by atoms with Crippen LogP contribution in [0.15, 0.2) is 48.5 Å². The highest BCUT2D eigenvalue weighted by Gasteiger charge is 2.38. The zero-order valence-corrected chi connectivity index (χ0v) is 21.7. The number of carbonyl (C=O) groups excluding carboxylic acids is 2. The maximum atomic E-state index is 13.9. The number of unbranched alkanes of at least 4 members (excludes halogenated alkanes) is 1. The van der Waals surface area contributed by atoms with Crippen molar-refractivity contribution in [3.8, 4) is 0 Å². The Bertz CT molecular complexity index is 1070. The number of hydrogen-bond acceptors (Lipinski definition) is 5. The van der Waals surface area contributed by atoms with Gasteiger partial charge >= 0.3 is 0 Å². The van der Waals surface area contributed by atoms with Gasteiger partial charge in [-0.3, -0.25) is 9.59 Å². The zero-order valence-electron chi connectivity index (χ0n) is 21.7. The summed E-state index contributed by atoms with van der Waals surface area (Å²) in [5.41, 5.74) is 1.38. The van der Waals surface area contributed by atoms with Gasteiger partial charge in [0.05, 0.1) is 30.8 Å². The number of rotatable bonds is 12. The first-order valence-electron chi connectivity index (χ1n) is 13.4. The summed E-state index contributed by atoms with van der Waals surface area (Å²) < 4.78 is 33.8. The molecule has 9 heteroatoms. The van der Waals surface area contributed by atoms with Gasteiger partial charge in [0.2, 0.25) is 11.8 Å². The molecule has 2 amide bonds. The molecule has 0 radical (unpaired) electrons. The molecule has 2 fully saturated rings. The van der Waals surface area contributed by atoms with Crippen LogP contribution < -0.4 is 10.6 Å². The highest BCUT2D eigenvalue weighted by Crippen LogP contribution is 2.22. The van der Waals surface area contributed by atoms with Crippen molar-refractivity contribution in [1.82, 2.24) is 15.5 Å². The average molecular weight is 530 g/mol. The van der Waals surface area contributed by atoms with Crippen LogP contribution in [0.5, 0.6) is 0 Å². The number of carbonyl (C=O) groups is 2. The first-order chi connectivity index (χ1) is 18.3. The third-order valence-electron chi connectivity index (χ3n) is 7.35. The Morgan fingerprint density at radius 2 is 1.92 bits per heavy atom. The van der Waals surface area contributed by atoms with Crippen molar-refractivity contribution < 1.29 is 28.2 Å². The fourth-order valence-corrected chi connectivity index (χ4v) is 5.24. The lowest BCUT2D eigenvalue weighted by Crippen LogP contribution is -2.53. The molecule has 206 valence electrons. The first-order valence-corrected chi connectivity index (χ1v) is 13.4. The molecule has 0 saturated carbocycles. The van der Waals surface area contributed by atoms with E-state index in [-0.39, 0.29) is 36.8 Å². The molecule has 2 aliphatic rings. The van der Waals surface area contributed by atoms with E-state index in [2.05, 4.69) is 10.6 Å². The van der Waals surface area contributed by atoms with Gasteiger partial charge < -0.3 is 25.4 Å². The van der Waals surface area contributed by atoms with Crippen LogP contribution in [0.25, 0.3) is 0 Å². The van der Waals surface area contributed by atoms with Gasteiger partial charge in [-0.25, -0.2) is 8.78 Å². The highest BCUT2D eigenvalue weighted by molar-refractivity contribution is 5.89. The monoisotopic (exact) mass is 529 g/mol. The van der Waals surface area contributed by atoms with E-state index < -0.39 is 29.7 Å². The van der Waals surface area contributed by atoms with Crippen LogP contribution in [0.3, 0.4) is 0 Å². The largest absolute Gasteiger partial charge is 0.389 e. The van der Waals surface area contributed by atoms with Gasteiger partial charge in [0.1, 0.15) is 11.6 Å². The van der Waals surface area contributed by atoms with E-state index in [1.807, 2.05) is 37.3 Å². The Labute approximate surface area is 222 Å². The molecular formula is C29H37F2N3O4. The number of benzene rings is 2. The molecular weight excluding hydrogens is 492 g/mol. The summed E-state index contributed by atoms with van der Waals surface area (Å²) in [6, 6.07) is 11.8. The molecule has 5 atom stereocenters. The maximum Gasteiger partial charge on any atom is 0.225 e. The summed E-state index contributed by atoms with van der Waals surface area (Å²) in [4.78, 5) is 27.3. The molecule has 0 aliphatic carbocycles. The fraction of sp³-hybridized carbons (Fsp3) is 0.517. The summed E-state index contributed by atoms with van der Waals surface area (Å²) >= 11 is 0. The highest BCUT2D eigenvalue weighted by atomic mass is 19.1. The lowest BCUT2D eigenvalue weighted by atomic mass is 9.94. The zero-order chi connectivity index (χ0) is 27.1. The topological polar surface area (TPSA) is 90.9 Å². The Morgan fingerprint density at radius 1 is 1.18 bits per heavy atom. The van der Waals surface area contributed by atoms with E-state index in [1.165, 1.54) is 12.1 Å². The first kappa shape index (κ1) is 28.1. The molecule has 2 aliphatic heterocycles. The van der Waals surface area contributed by atoms with Crippen LogP contribution in [-0.4, -0.2) is 65.7 Å². The minimum atomic E-state index is -1.04. The van der Waals surface area contributed by atoms with Gasteiger partial charge in [-0.15, -0.1) is 0 Å². The number of aliphatic hydroxyl groups is 1. The lowest BCUT2D eigenvalue weighted by Gasteiger charge is -2.29. The molecule has 38 heavy (non-hydrogen) atoms. The quantitative estimate of drug-likeness (QED) is 0.393. The summed E-state index contributed by atoms with van der Waals surface area (Å²) in [6.07, 6.45) is 1.32. The van der Waals surface area contributed by atoms with Crippen LogP contribution in [0.2, 0.25) is 0 Å². The van der Waals surface area contributed by atoms with Crippen molar-refractivity contribution >= 4 is 11.8 Å². The second-order valence-electron chi connectivity index (χ2n) is 10.4. The second kappa shape index (κ2) is 13.3. The van der Waals surface area contributed by atoms with Gasteiger partial charge in [-0.2, -0.15) is 0 Å². The molecule has 2 aromatic rings. The van der Waals surface area contributed by atoms with Gasteiger partial charge in [0.25, 0.3) is 0 Å². The third-order valence-corrected chi connectivity index (χ3v) is 7.35. The van der Waals surface area contributed by atoms with Crippen molar-refractivity contribution in [1.29, 1.82) is 0 Å². The van der Waals surface area contributed by atoms with Crippen LogP contribution in [-0.2, 0) is 27.4 Å². The van der Waals surface area contributed by atoms with Crippen LogP contribution >= 0.6 is 0 Å². The van der Waals surface area contributed by atoms with Crippen molar-refractivity contribution in [3.63, 3.8) is 0 Å². The molecule has 4 unspecified atom stereocenters. The summed E-state index contributed by atoms with van der Waals surface area (Å²) in [6.45, 7) is 3.97. The van der Waals surface area contributed by atoms with Gasteiger partial charge in [-0.1, -0.05) is 43.7 Å². The number of amides is 2. The molecule has 2 heterocycles. The van der Waals surface area contributed by atoms with Gasteiger partial charge in [0.15, 0.2) is 0 Å². The standard InChI is InChI=1S/C29H37F2N3O4/c1-2-3-9-34-17-21(13-27(34)35)29(37)33-26(12-20-10-22(30)14-23(31)11-20)28(36)25-15-24(16-32-25)38-18-19-7-5-4-6-8-19/h4-8,10-11,14,21,24-26,28,32,36H,2-3,9,12-13,15-18H2,1H3,(H,33,37)/t21-,24?,25?,26?,28?/m0/s1. The SMILES string of the molecule is CCCCN1C[C@@H](C(=O)NC(Cc2cc(F)cc(F)c2)C(O)C2CC(OCc3ccccc3)CN2)CC1=O. The Balaban J connectivity index is 1.41. The smallest absolute Gasteiger partial charge is 0.225 e. The lowest BCUT2D eigenvalue weighted by molar-refractivity contribution is -0.129. The number of hydrogen-bond donors (Lipinski definition) is 3. The van der Waals surface area contributed by atoms with E-state index in [0.29, 0.717) is 38.2 Å². The molecule has 0 bridgehead atoms. The molecule has 3 N–H and O–H groups in total. The van der Waals surface area contributed by atoms with Crippen molar-refractivity contribution in [2.75, 3.05) is 19.6 Å². The van der Waals surface area contributed by atoms with E-state index in [9.17, 15) is 23.5 Å². The molecule has 0 aromatic heterocycles. The summed E-state index contributed by atoms with van der Waals surface area (Å²) in [5.74, 6) is -2.37. The number of nitrogens with zero attached hydrogens (tertiary/aromatic N) is 1. The summed E-state index contributed by atoms with van der Waals surface area (Å²) in [5, 5.41) is 17.5. The Hall–Kier alpha value is -2.88. The average Bonchev–Trinajstić information content (AvgIpc) is 3.52. The van der Waals surface area contributed by atoms with Crippen LogP contribution in [0.1, 0.15) is 43.7 Å². The van der Waals surface area contributed by atoms with E-state index in [1.54, 1.807) is 4.90 Å². The van der Waals surface area contributed by atoms with E-state index in [4.69, 9.17) is 4.74 Å². The minimum absolute atomic E-state index is 0.0372. The second-order valence-corrected chi connectivity index (χ2v) is 10.4. The summed E-state index contributed by atoms with van der Waals surface area (Å²) in [7, 11) is 0. The van der Waals surface area contributed by atoms with Crippen molar-refractivity contribution in [2.45, 2.75) is 69.9 Å².